The number of nitrogens with one attached hydrogen (secondary N) is 2. The number of amides is 1. The molecular formula is C15H20N4O. The Kier molecular flexibility index (Phi) is 4.76. The molecule has 0 atom stereocenters. The van der Waals surface area contributed by atoms with Crippen LogP contribution in [0.3, 0.4) is 0 Å². The van der Waals surface area contributed by atoms with E-state index in [2.05, 4.69) is 22.5 Å². The number of aromatic nitrogens is 2. The minimum Gasteiger partial charge on any atom is -0.385 e. The van der Waals surface area contributed by atoms with Gasteiger partial charge < -0.3 is 15.2 Å². The number of carbonyl (C=O) groups excluding carboxylic acids is 1. The number of hydrogen-bond donors (Lipinski definition) is 2. The first-order valence-electron chi connectivity index (χ1n) is 6.79. The van der Waals surface area contributed by atoms with Crippen LogP contribution < -0.4 is 10.6 Å². The maximum Gasteiger partial charge on any atom is 0.251 e. The summed E-state index contributed by atoms with van der Waals surface area (Å²) in [5.41, 5.74) is 2.84. The minimum absolute atomic E-state index is 0.0451. The summed E-state index contributed by atoms with van der Waals surface area (Å²) < 4.78 is 1.93. The van der Waals surface area contributed by atoms with Crippen molar-refractivity contribution < 1.29 is 4.79 Å². The van der Waals surface area contributed by atoms with Crippen molar-refractivity contribution in [1.82, 2.24) is 14.9 Å². The summed E-state index contributed by atoms with van der Waals surface area (Å²) in [5.74, 6) is -0.0451. The normalized spacial score (nSPS) is 10.3. The fourth-order valence-electron chi connectivity index (χ4n) is 2.01. The number of rotatable bonds is 6. The number of carbonyl (C=O) groups is 1. The van der Waals surface area contributed by atoms with Crippen molar-refractivity contribution in [3.05, 3.63) is 48.0 Å². The van der Waals surface area contributed by atoms with Crippen LogP contribution in [-0.4, -0.2) is 28.5 Å². The third kappa shape index (κ3) is 3.60. The molecule has 106 valence electrons. The van der Waals surface area contributed by atoms with Crippen molar-refractivity contribution in [3.63, 3.8) is 0 Å². The van der Waals surface area contributed by atoms with Gasteiger partial charge in [0.25, 0.3) is 5.91 Å². The van der Waals surface area contributed by atoms with Gasteiger partial charge in [-0.3, -0.25) is 4.79 Å². The fourth-order valence-corrected chi connectivity index (χ4v) is 2.01. The molecular weight excluding hydrogens is 252 g/mol. The molecule has 20 heavy (non-hydrogen) atoms. The van der Waals surface area contributed by atoms with Gasteiger partial charge in [-0.15, -0.1) is 0 Å². The van der Waals surface area contributed by atoms with Crippen LogP contribution in [0.2, 0.25) is 0 Å². The van der Waals surface area contributed by atoms with E-state index in [4.69, 9.17) is 0 Å². The highest BCUT2D eigenvalue weighted by molar-refractivity contribution is 5.94. The highest BCUT2D eigenvalue weighted by Crippen LogP contribution is 2.16. The van der Waals surface area contributed by atoms with Crippen molar-refractivity contribution >= 4 is 11.6 Å². The van der Waals surface area contributed by atoms with Gasteiger partial charge in [-0.05, 0) is 37.6 Å². The molecule has 0 saturated heterocycles. The van der Waals surface area contributed by atoms with E-state index in [0.717, 1.165) is 24.3 Å². The molecule has 1 aromatic heterocycles. The van der Waals surface area contributed by atoms with Crippen molar-refractivity contribution in [2.24, 2.45) is 0 Å². The lowest BCUT2D eigenvalue weighted by molar-refractivity contribution is 0.0952. The average molecular weight is 272 g/mol. The van der Waals surface area contributed by atoms with E-state index in [0.29, 0.717) is 12.1 Å². The van der Waals surface area contributed by atoms with Crippen LogP contribution >= 0.6 is 0 Å². The van der Waals surface area contributed by atoms with Gasteiger partial charge in [-0.2, -0.15) is 0 Å². The Bertz CT molecular complexity index is 563. The molecule has 0 spiro atoms. The van der Waals surface area contributed by atoms with Gasteiger partial charge >= 0.3 is 0 Å². The molecule has 1 amide bonds. The standard InChI is InChI=1S/C15H20N4O/c1-3-17-14-5-4-13(10-12(14)2)15(20)18-7-9-19-8-6-16-11-19/h4-6,8,10-11,17H,3,7,9H2,1-2H3,(H,18,20). The van der Waals surface area contributed by atoms with E-state index in [9.17, 15) is 4.79 Å². The maximum absolute atomic E-state index is 12.0. The second kappa shape index (κ2) is 6.75. The Morgan fingerprint density at radius 2 is 2.25 bits per heavy atom. The Labute approximate surface area is 119 Å². The number of benzene rings is 1. The van der Waals surface area contributed by atoms with Gasteiger partial charge in [0.15, 0.2) is 0 Å². The zero-order valence-corrected chi connectivity index (χ0v) is 11.9. The first-order chi connectivity index (χ1) is 9.70. The molecule has 0 saturated carbocycles. The monoisotopic (exact) mass is 272 g/mol. The zero-order valence-electron chi connectivity index (χ0n) is 11.9. The SMILES string of the molecule is CCNc1ccc(C(=O)NCCn2ccnc2)cc1C. The number of imidazole rings is 1. The van der Waals surface area contributed by atoms with Gasteiger partial charge in [0.1, 0.15) is 0 Å². The van der Waals surface area contributed by atoms with Crippen molar-refractivity contribution in [2.75, 3.05) is 18.4 Å². The highest BCUT2D eigenvalue weighted by Gasteiger charge is 2.06. The summed E-state index contributed by atoms with van der Waals surface area (Å²) in [5, 5.41) is 6.17. The van der Waals surface area contributed by atoms with E-state index in [1.807, 2.05) is 35.9 Å². The molecule has 5 heteroatoms. The lowest BCUT2D eigenvalue weighted by atomic mass is 10.1. The molecule has 0 bridgehead atoms. The second-order valence-corrected chi connectivity index (χ2v) is 4.62. The molecule has 2 rings (SSSR count). The Hall–Kier alpha value is -2.30. The van der Waals surface area contributed by atoms with E-state index in [-0.39, 0.29) is 5.91 Å². The topological polar surface area (TPSA) is 59.0 Å². The van der Waals surface area contributed by atoms with E-state index in [1.165, 1.54) is 0 Å². The summed E-state index contributed by atoms with van der Waals surface area (Å²) in [6.45, 7) is 6.23. The Balaban J connectivity index is 1.90. The molecule has 0 aliphatic heterocycles. The van der Waals surface area contributed by atoms with Crippen molar-refractivity contribution in [2.45, 2.75) is 20.4 Å². The van der Waals surface area contributed by atoms with E-state index in [1.54, 1.807) is 12.5 Å². The maximum atomic E-state index is 12.0. The van der Waals surface area contributed by atoms with Crippen molar-refractivity contribution in [3.8, 4) is 0 Å². The van der Waals surface area contributed by atoms with Crippen LogP contribution in [-0.2, 0) is 6.54 Å². The van der Waals surface area contributed by atoms with Crippen LogP contribution in [0.4, 0.5) is 5.69 Å². The molecule has 1 aromatic carbocycles. The minimum atomic E-state index is -0.0451. The first kappa shape index (κ1) is 14.1. The summed E-state index contributed by atoms with van der Waals surface area (Å²) in [7, 11) is 0. The molecule has 0 aliphatic carbocycles. The largest absolute Gasteiger partial charge is 0.385 e. The molecule has 1 heterocycles. The Morgan fingerprint density at radius 3 is 2.90 bits per heavy atom. The first-order valence-corrected chi connectivity index (χ1v) is 6.79. The van der Waals surface area contributed by atoms with Gasteiger partial charge in [0, 0.05) is 43.3 Å². The summed E-state index contributed by atoms with van der Waals surface area (Å²) in [6.07, 6.45) is 5.34. The molecule has 2 N–H and O–H groups in total. The van der Waals surface area contributed by atoms with Crippen LogP contribution in [0.25, 0.3) is 0 Å². The number of anilines is 1. The fraction of sp³-hybridized carbons (Fsp3) is 0.333. The van der Waals surface area contributed by atoms with Gasteiger partial charge in [-0.25, -0.2) is 4.98 Å². The smallest absolute Gasteiger partial charge is 0.251 e. The molecule has 0 aliphatic rings. The third-order valence-corrected chi connectivity index (χ3v) is 3.07. The van der Waals surface area contributed by atoms with Crippen LogP contribution in [0.1, 0.15) is 22.8 Å². The van der Waals surface area contributed by atoms with Gasteiger partial charge in [-0.1, -0.05) is 0 Å². The summed E-state index contributed by atoms with van der Waals surface area (Å²) in [6, 6.07) is 5.70. The second-order valence-electron chi connectivity index (χ2n) is 4.62. The van der Waals surface area contributed by atoms with Crippen LogP contribution in [0.15, 0.2) is 36.9 Å². The molecule has 0 fully saturated rings. The summed E-state index contributed by atoms with van der Waals surface area (Å²) >= 11 is 0. The van der Waals surface area contributed by atoms with Crippen LogP contribution in [0.5, 0.6) is 0 Å². The third-order valence-electron chi connectivity index (χ3n) is 3.07. The highest BCUT2D eigenvalue weighted by atomic mass is 16.1. The van der Waals surface area contributed by atoms with Gasteiger partial charge in [0.05, 0.1) is 6.33 Å². The predicted octanol–water partition coefficient (Wildman–Crippen LogP) is 2.05. The number of nitrogens with zero attached hydrogens (tertiary/aromatic N) is 2. The molecule has 2 aromatic rings. The predicted molar refractivity (Wildman–Crippen MR) is 79.9 cm³/mol. The van der Waals surface area contributed by atoms with Crippen molar-refractivity contribution in [1.29, 1.82) is 0 Å². The lowest BCUT2D eigenvalue weighted by Gasteiger charge is -2.10. The quantitative estimate of drug-likeness (QED) is 0.846. The summed E-state index contributed by atoms with van der Waals surface area (Å²) in [4.78, 5) is 16.0. The number of aryl methyl sites for hydroxylation is 1. The molecule has 0 unspecified atom stereocenters. The lowest BCUT2D eigenvalue weighted by Crippen LogP contribution is -2.27. The molecule has 0 radical (unpaired) electrons. The van der Waals surface area contributed by atoms with Gasteiger partial charge in [0.2, 0.25) is 0 Å². The van der Waals surface area contributed by atoms with E-state index >= 15 is 0 Å². The average Bonchev–Trinajstić information content (AvgIpc) is 2.94. The Morgan fingerprint density at radius 1 is 1.40 bits per heavy atom. The van der Waals surface area contributed by atoms with Crippen LogP contribution in [0, 0.1) is 6.92 Å². The van der Waals surface area contributed by atoms with E-state index < -0.39 is 0 Å². The number of hydrogen-bond acceptors (Lipinski definition) is 3. The zero-order chi connectivity index (χ0) is 14.4. The molecule has 5 nitrogen and oxygen atoms in total.